The zero-order valence-electron chi connectivity index (χ0n) is 8.45. The molecule has 0 aliphatic rings. The molecule has 0 aliphatic carbocycles. The number of halogens is 1. The van der Waals surface area contributed by atoms with Crippen molar-refractivity contribution < 1.29 is 5.21 Å². The Labute approximate surface area is 88.4 Å². The summed E-state index contributed by atoms with van der Waals surface area (Å²) in [5.41, 5.74) is 1.61. The van der Waals surface area contributed by atoms with Gasteiger partial charge in [-0.15, -0.1) is 0 Å². The maximum Gasteiger partial charge on any atom is 0.0752 e. The van der Waals surface area contributed by atoms with Crippen LogP contribution in [0.4, 0.5) is 0 Å². The van der Waals surface area contributed by atoms with Crippen LogP contribution in [0.15, 0.2) is 17.5 Å². The smallest absolute Gasteiger partial charge is 0.0752 e. The third-order valence-corrected chi connectivity index (χ3v) is 2.24. The first kappa shape index (κ1) is 11.0. The lowest BCUT2D eigenvalue weighted by molar-refractivity contribution is 0.321. The fourth-order valence-corrected chi connectivity index (χ4v) is 1.44. The van der Waals surface area contributed by atoms with Gasteiger partial charge in [0.1, 0.15) is 0 Å². The highest BCUT2D eigenvalue weighted by molar-refractivity contribution is 6.33. The van der Waals surface area contributed by atoms with Gasteiger partial charge in [0, 0.05) is 18.0 Å². The Balaban J connectivity index is 3.36. The van der Waals surface area contributed by atoms with Gasteiger partial charge >= 0.3 is 0 Å². The number of rotatable bonds is 1. The summed E-state index contributed by atoms with van der Waals surface area (Å²) in [7, 11) is 0. The highest BCUT2D eigenvalue weighted by Gasteiger charge is 2.19. The topological polar surface area (TPSA) is 45.5 Å². The van der Waals surface area contributed by atoms with Crippen LogP contribution in [0.3, 0.4) is 0 Å². The van der Waals surface area contributed by atoms with Crippen molar-refractivity contribution in [3.63, 3.8) is 0 Å². The lowest BCUT2D eigenvalue weighted by Crippen LogP contribution is -2.15. The quantitative estimate of drug-likeness (QED) is 0.442. The Hall–Kier alpha value is -1.09. The van der Waals surface area contributed by atoms with E-state index in [1.165, 1.54) is 12.4 Å². The molecule has 1 aromatic rings. The molecule has 3 nitrogen and oxygen atoms in total. The number of pyridine rings is 1. The molecule has 0 bridgehead atoms. The van der Waals surface area contributed by atoms with Gasteiger partial charge < -0.3 is 5.21 Å². The predicted molar refractivity (Wildman–Crippen MR) is 57.3 cm³/mol. The molecule has 0 fully saturated rings. The molecule has 0 saturated heterocycles. The van der Waals surface area contributed by atoms with Crippen molar-refractivity contribution in [1.82, 2.24) is 4.98 Å². The molecule has 0 unspecified atom stereocenters. The summed E-state index contributed by atoms with van der Waals surface area (Å²) >= 11 is 5.95. The van der Waals surface area contributed by atoms with Crippen molar-refractivity contribution >= 4 is 17.8 Å². The molecule has 4 heteroatoms. The van der Waals surface area contributed by atoms with Crippen molar-refractivity contribution in [2.45, 2.75) is 26.2 Å². The monoisotopic (exact) mass is 212 g/mol. The lowest BCUT2D eigenvalue weighted by Gasteiger charge is -2.21. The van der Waals surface area contributed by atoms with Crippen molar-refractivity contribution in [1.29, 1.82) is 0 Å². The van der Waals surface area contributed by atoms with Crippen LogP contribution in [-0.4, -0.2) is 16.4 Å². The molecule has 1 N–H and O–H groups in total. The summed E-state index contributed by atoms with van der Waals surface area (Å²) in [6.45, 7) is 6.15. The fourth-order valence-electron chi connectivity index (χ4n) is 1.23. The van der Waals surface area contributed by atoms with E-state index in [4.69, 9.17) is 16.8 Å². The highest BCUT2D eigenvalue weighted by Crippen LogP contribution is 2.27. The van der Waals surface area contributed by atoms with Gasteiger partial charge in [-0.1, -0.05) is 37.5 Å². The van der Waals surface area contributed by atoms with Gasteiger partial charge in [0.15, 0.2) is 0 Å². The van der Waals surface area contributed by atoms with Crippen LogP contribution in [0.5, 0.6) is 0 Å². The molecule has 14 heavy (non-hydrogen) atoms. The summed E-state index contributed by atoms with van der Waals surface area (Å²) < 4.78 is 0. The minimum absolute atomic E-state index is 0.0750. The first-order valence-corrected chi connectivity index (χ1v) is 4.66. The molecule has 1 rings (SSSR count). The molecule has 0 aromatic carbocycles. The van der Waals surface area contributed by atoms with Crippen LogP contribution in [-0.2, 0) is 5.41 Å². The molecule has 0 aliphatic heterocycles. The molecule has 1 aromatic heterocycles. The molecule has 1 heterocycles. The third kappa shape index (κ3) is 2.23. The van der Waals surface area contributed by atoms with Crippen LogP contribution in [0.25, 0.3) is 0 Å². The van der Waals surface area contributed by atoms with E-state index in [2.05, 4.69) is 30.9 Å². The van der Waals surface area contributed by atoms with Gasteiger partial charge in [-0.2, -0.15) is 0 Å². The van der Waals surface area contributed by atoms with E-state index in [-0.39, 0.29) is 5.41 Å². The average Bonchev–Trinajstić information content (AvgIpc) is 2.07. The SMILES string of the molecule is CC(C)(C)c1cncc(Cl)c1C=NO. The predicted octanol–water partition coefficient (Wildman–Crippen LogP) is 2.84. The van der Waals surface area contributed by atoms with Crippen LogP contribution >= 0.6 is 11.6 Å². The largest absolute Gasteiger partial charge is 0.411 e. The molecule has 0 atom stereocenters. The summed E-state index contributed by atoms with van der Waals surface area (Å²) in [6, 6.07) is 0. The molecule has 0 spiro atoms. The van der Waals surface area contributed by atoms with Crippen LogP contribution in [0.1, 0.15) is 31.9 Å². The molecule has 0 radical (unpaired) electrons. The van der Waals surface area contributed by atoms with Crippen LogP contribution in [0, 0.1) is 0 Å². The number of hydrogen-bond donors (Lipinski definition) is 1. The zero-order chi connectivity index (χ0) is 10.8. The summed E-state index contributed by atoms with van der Waals surface area (Å²) in [5, 5.41) is 12.0. The van der Waals surface area contributed by atoms with Crippen LogP contribution in [0.2, 0.25) is 5.02 Å². The van der Waals surface area contributed by atoms with Crippen molar-refractivity contribution in [2.24, 2.45) is 5.16 Å². The Morgan fingerprint density at radius 3 is 2.57 bits per heavy atom. The van der Waals surface area contributed by atoms with Gasteiger partial charge in [0.2, 0.25) is 0 Å². The lowest BCUT2D eigenvalue weighted by atomic mass is 9.85. The number of oxime groups is 1. The van der Waals surface area contributed by atoms with E-state index in [9.17, 15) is 0 Å². The minimum Gasteiger partial charge on any atom is -0.411 e. The number of hydrogen-bond acceptors (Lipinski definition) is 3. The Morgan fingerprint density at radius 1 is 1.43 bits per heavy atom. The second-order valence-electron chi connectivity index (χ2n) is 4.08. The van der Waals surface area contributed by atoms with E-state index in [1.807, 2.05) is 0 Å². The van der Waals surface area contributed by atoms with Gasteiger partial charge in [0.05, 0.1) is 11.2 Å². The second kappa shape index (κ2) is 3.96. The third-order valence-electron chi connectivity index (χ3n) is 1.93. The Bertz CT molecular complexity index is 356. The van der Waals surface area contributed by atoms with E-state index in [1.54, 1.807) is 6.20 Å². The normalized spacial score (nSPS) is 12.3. The molecular weight excluding hydrogens is 200 g/mol. The standard InChI is InChI=1S/C10H13ClN2O/c1-10(2,3)8-5-12-6-9(11)7(8)4-13-14/h4-6,14H,1-3H3. The van der Waals surface area contributed by atoms with E-state index < -0.39 is 0 Å². The molecule has 0 amide bonds. The molecular formula is C10H13ClN2O. The molecule has 76 valence electrons. The van der Waals surface area contributed by atoms with Crippen LogP contribution < -0.4 is 0 Å². The summed E-state index contributed by atoms with van der Waals surface area (Å²) in [6.07, 6.45) is 4.61. The minimum atomic E-state index is -0.0750. The molecule has 0 saturated carbocycles. The first-order chi connectivity index (χ1) is 6.46. The van der Waals surface area contributed by atoms with Crippen molar-refractivity contribution in [2.75, 3.05) is 0 Å². The van der Waals surface area contributed by atoms with Gasteiger partial charge in [-0.3, -0.25) is 4.98 Å². The maximum absolute atomic E-state index is 8.52. The highest BCUT2D eigenvalue weighted by atomic mass is 35.5. The van der Waals surface area contributed by atoms with E-state index in [0.717, 1.165) is 11.1 Å². The number of nitrogens with zero attached hydrogens (tertiary/aromatic N) is 2. The summed E-state index contributed by atoms with van der Waals surface area (Å²) in [5.74, 6) is 0. The summed E-state index contributed by atoms with van der Waals surface area (Å²) in [4.78, 5) is 4.02. The Kier molecular flexibility index (Phi) is 3.11. The van der Waals surface area contributed by atoms with E-state index in [0.29, 0.717) is 5.02 Å². The average molecular weight is 213 g/mol. The zero-order valence-corrected chi connectivity index (χ0v) is 9.21. The fraction of sp³-hybridized carbons (Fsp3) is 0.400. The number of aromatic nitrogens is 1. The van der Waals surface area contributed by atoms with Gasteiger partial charge in [-0.25, -0.2) is 0 Å². The van der Waals surface area contributed by atoms with Crippen molar-refractivity contribution in [3.05, 3.63) is 28.5 Å². The van der Waals surface area contributed by atoms with Gasteiger partial charge in [0.25, 0.3) is 0 Å². The van der Waals surface area contributed by atoms with Gasteiger partial charge in [-0.05, 0) is 11.0 Å². The van der Waals surface area contributed by atoms with Crippen molar-refractivity contribution in [3.8, 4) is 0 Å². The van der Waals surface area contributed by atoms with E-state index >= 15 is 0 Å². The first-order valence-electron chi connectivity index (χ1n) is 4.28. The Morgan fingerprint density at radius 2 is 2.07 bits per heavy atom. The maximum atomic E-state index is 8.52. The second-order valence-corrected chi connectivity index (χ2v) is 4.48.